The largest absolute Gasteiger partial charge is 0.333 e. The molecule has 1 aliphatic rings. The van der Waals surface area contributed by atoms with Gasteiger partial charge in [-0.15, -0.1) is 11.3 Å². The molecule has 0 spiro atoms. The van der Waals surface area contributed by atoms with Gasteiger partial charge < -0.3 is 4.90 Å². The van der Waals surface area contributed by atoms with E-state index in [1.54, 1.807) is 25.1 Å². The minimum atomic E-state index is -4.28. The molecular formula is C23H18BrF2N3O3S2. The second-order valence-electron chi connectivity index (χ2n) is 7.89. The summed E-state index contributed by atoms with van der Waals surface area (Å²) < 4.78 is 56.5. The summed E-state index contributed by atoms with van der Waals surface area (Å²) in [4.78, 5) is 18.7. The van der Waals surface area contributed by atoms with E-state index in [0.717, 1.165) is 16.2 Å². The Morgan fingerprint density at radius 2 is 2.06 bits per heavy atom. The molecule has 1 saturated heterocycles. The molecule has 1 amide bonds. The second-order valence-corrected chi connectivity index (χ2v) is 12.1. The standard InChI is InChI=1S/C23H18BrF2N3O3S2/c1-14(17-4-2-3-5-19(17)25)20-12-28-22(33-20)23(26)13-29(8-9-34(23,31)32)21(30)15-6-7-18(24)16(10-15)11-27/h2-7,10,12,14H,8-9,13H2,1H3/t14-,23-/m0/s1. The van der Waals surface area contributed by atoms with E-state index in [1.807, 2.05) is 6.07 Å². The molecule has 0 aliphatic carbocycles. The summed E-state index contributed by atoms with van der Waals surface area (Å²) in [6, 6.07) is 12.5. The van der Waals surface area contributed by atoms with Crippen LogP contribution in [-0.2, 0) is 14.8 Å². The molecule has 11 heteroatoms. The number of alkyl halides is 1. The average molecular weight is 566 g/mol. The first kappa shape index (κ1) is 24.4. The van der Waals surface area contributed by atoms with Gasteiger partial charge in [-0.3, -0.25) is 4.79 Å². The van der Waals surface area contributed by atoms with E-state index in [-0.39, 0.29) is 22.7 Å². The predicted molar refractivity (Wildman–Crippen MR) is 127 cm³/mol. The summed E-state index contributed by atoms with van der Waals surface area (Å²) >= 11 is 4.07. The smallest absolute Gasteiger partial charge is 0.278 e. The number of benzene rings is 2. The van der Waals surface area contributed by atoms with E-state index in [0.29, 0.717) is 14.9 Å². The Bertz CT molecular complexity index is 1420. The van der Waals surface area contributed by atoms with Crippen molar-refractivity contribution in [1.82, 2.24) is 9.88 Å². The van der Waals surface area contributed by atoms with Gasteiger partial charge in [0.05, 0.1) is 17.9 Å². The van der Waals surface area contributed by atoms with Gasteiger partial charge in [0.2, 0.25) is 0 Å². The van der Waals surface area contributed by atoms with E-state index >= 15 is 4.39 Å². The fourth-order valence-corrected chi connectivity index (χ4v) is 7.01. The monoisotopic (exact) mass is 565 g/mol. The van der Waals surface area contributed by atoms with Gasteiger partial charge in [-0.1, -0.05) is 25.1 Å². The summed E-state index contributed by atoms with van der Waals surface area (Å²) in [5.74, 6) is -2.05. The van der Waals surface area contributed by atoms with Gasteiger partial charge in [0, 0.05) is 33.6 Å². The first-order valence-electron chi connectivity index (χ1n) is 10.2. The zero-order chi connectivity index (χ0) is 24.7. The van der Waals surface area contributed by atoms with Gasteiger partial charge in [0.25, 0.3) is 10.9 Å². The van der Waals surface area contributed by atoms with Crippen molar-refractivity contribution >= 4 is 43.0 Å². The highest BCUT2D eigenvalue weighted by Gasteiger charge is 2.53. The quantitative estimate of drug-likeness (QED) is 0.454. The minimum absolute atomic E-state index is 0.148. The number of aromatic nitrogens is 1. The minimum Gasteiger partial charge on any atom is -0.333 e. The molecule has 3 aromatic rings. The molecule has 6 nitrogen and oxygen atoms in total. The van der Waals surface area contributed by atoms with Crippen LogP contribution in [0.2, 0.25) is 0 Å². The predicted octanol–water partition coefficient (Wildman–Crippen LogP) is 4.76. The van der Waals surface area contributed by atoms with Crippen LogP contribution in [-0.4, -0.2) is 43.1 Å². The van der Waals surface area contributed by atoms with Crippen LogP contribution >= 0.6 is 27.3 Å². The highest BCUT2D eigenvalue weighted by atomic mass is 79.9. The molecule has 0 N–H and O–H groups in total. The Morgan fingerprint density at radius 3 is 2.76 bits per heavy atom. The third-order valence-corrected chi connectivity index (χ3v) is 9.95. The first-order valence-corrected chi connectivity index (χ1v) is 13.4. The van der Waals surface area contributed by atoms with Gasteiger partial charge in [0.1, 0.15) is 16.9 Å². The van der Waals surface area contributed by atoms with Gasteiger partial charge in [-0.2, -0.15) is 5.26 Å². The number of hydrogen-bond donors (Lipinski definition) is 0. The van der Waals surface area contributed by atoms with E-state index in [1.165, 1.54) is 30.5 Å². The number of sulfone groups is 1. The van der Waals surface area contributed by atoms with Crippen LogP contribution in [0, 0.1) is 17.1 Å². The fourth-order valence-electron chi connectivity index (χ4n) is 3.75. The molecule has 2 atom stereocenters. The lowest BCUT2D eigenvalue weighted by Gasteiger charge is -2.35. The fraction of sp³-hybridized carbons (Fsp3) is 0.261. The number of carbonyl (C=O) groups is 1. The van der Waals surface area contributed by atoms with Crippen LogP contribution in [0.25, 0.3) is 0 Å². The molecule has 176 valence electrons. The van der Waals surface area contributed by atoms with Crippen molar-refractivity contribution in [3.8, 4) is 6.07 Å². The number of halogens is 3. The molecule has 1 aromatic heterocycles. The summed E-state index contributed by atoms with van der Waals surface area (Å²) in [6.45, 7) is 0.813. The molecule has 34 heavy (non-hydrogen) atoms. The summed E-state index contributed by atoms with van der Waals surface area (Å²) in [6.07, 6.45) is 1.35. The molecule has 4 rings (SSSR count). The van der Waals surface area contributed by atoms with Crippen LogP contribution in [0.4, 0.5) is 8.78 Å². The molecule has 0 unspecified atom stereocenters. The maximum Gasteiger partial charge on any atom is 0.278 e. The molecule has 1 fully saturated rings. The van der Waals surface area contributed by atoms with Crippen LogP contribution in [0.1, 0.15) is 44.2 Å². The van der Waals surface area contributed by atoms with Gasteiger partial charge in [-0.05, 0) is 45.8 Å². The molecule has 2 aromatic carbocycles. The summed E-state index contributed by atoms with van der Waals surface area (Å²) in [7, 11) is -4.28. The van der Waals surface area contributed by atoms with Crippen molar-refractivity contribution in [3.63, 3.8) is 0 Å². The van der Waals surface area contributed by atoms with Crippen molar-refractivity contribution in [3.05, 3.63) is 85.5 Å². The number of carbonyl (C=O) groups excluding carboxylic acids is 1. The van der Waals surface area contributed by atoms with Crippen molar-refractivity contribution in [2.75, 3.05) is 18.8 Å². The lowest BCUT2D eigenvalue weighted by molar-refractivity contribution is 0.0666. The number of thiazole rings is 1. The van der Waals surface area contributed by atoms with Gasteiger partial charge >= 0.3 is 0 Å². The first-order chi connectivity index (χ1) is 16.1. The zero-order valence-corrected chi connectivity index (χ0v) is 21.1. The number of amides is 1. The molecule has 1 aliphatic heterocycles. The normalized spacial score (nSPS) is 20.5. The van der Waals surface area contributed by atoms with E-state index < -0.39 is 44.8 Å². The van der Waals surface area contributed by atoms with Crippen molar-refractivity contribution in [2.45, 2.75) is 17.8 Å². The van der Waals surface area contributed by atoms with E-state index in [9.17, 15) is 22.9 Å². The lowest BCUT2D eigenvalue weighted by atomic mass is 10.00. The summed E-state index contributed by atoms with van der Waals surface area (Å²) in [5.41, 5.74) is 0.764. The van der Waals surface area contributed by atoms with Gasteiger partial charge in [0.15, 0.2) is 9.84 Å². The van der Waals surface area contributed by atoms with E-state index in [2.05, 4.69) is 20.9 Å². The third kappa shape index (κ3) is 4.26. The van der Waals surface area contributed by atoms with Crippen molar-refractivity contribution in [1.29, 1.82) is 5.26 Å². The number of rotatable bonds is 4. The Morgan fingerprint density at radius 1 is 1.32 bits per heavy atom. The molecule has 0 bridgehead atoms. The van der Waals surface area contributed by atoms with Crippen molar-refractivity contribution < 1.29 is 22.0 Å². The molecular weight excluding hydrogens is 548 g/mol. The van der Waals surface area contributed by atoms with Gasteiger partial charge in [-0.25, -0.2) is 22.2 Å². The number of hydrogen-bond acceptors (Lipinski definition) is 6. The Hall–Kier alpha value is -2.68. The average Bonchev–Trinajstić information content (AvgIpc) is 3.32. The molecule has 0 radical (unpaired) electrons. The maximum atomic E-state index is 16.2. The SMILES string of the molecule is C[C@H](c1cnc([C@]2(F)CN(C(=O)c3ccc(Br)c(C#N)c3)CCS2(=O)=O)s1)c1ccccc1F. The van der Waals surface area contributed by atoms with E-state index in [4.69, 9.17) is 0 Å². The van der Waals surface area contributed by atoms with Crippen LogP contribution in [0.3, 0.4) is 0 Å². The second kappa shape index (κ2) is 9.17. The zero-order valence-electron chi connectivity index (χ0n) is 17.8. The van der Waals surface area contributed by atoms with Crippen LogP contribution < -0.4 is 0 Å². The Kier molecular flexibility index (Phi) is 6.59. The number of nitrogens with zero attached hydrogens (tertiary/aromatic N) is 3. The Balaban J connectivity index is 1.65. The highest BCUT2D eigenvalue weighted by molar-refractivity contribution is 9.10. The number of nitriles is 1. The lowest BCUT2D eigenvalue weighted by Crippen LogP contribution is -2.53. The summed E-state index contributed by atoms with van der Waals surface area (Å²) in [5, 5.41) is 6.02. The van der Waals surface area contributed by atoms with Crippen LogP contribution in [0.5, 0.6) is 0 Å². The molecule has 2 heterocycles. The topological polar surface area (TPSA) is 91.1 Å². The van der Waals surface area contributed by atoms with Crippen LogP contribution in [0.15, 0.2) is 53.1 Å². The van der Waals surface area contributed by atoms with Crippen molar-refractivity contribution in [2.24, 2.45) is 0 Å². The Labute approximate surface area is 207 Å². The maximum absolute atomic E-state index is 16.2. The highest BCUT2D eigenvalue weighted by Crippen LogP contribution is 2.41. The molecule has 0 saturated carbocycles. The third-order valence-electron chi connectivity index (χ3n) is 5.78.